The highest BCUT2D eigenvalue weighted by Crippen LogP contribution is 2.28. The van der Waals surface area contributed by atoms with Crippen LogP contribution in [0.2, 0.25) is 0 Å². The van der Waals surface area contributed by atoms with E-state index in [1.165, 1.54) is 0 Å². The second kappa shape index (κ2) is 6.13. The van der Waals surface area contributed by atoms with E-state index in [4.69, 9.17) is 0 Å². The Bertz CT molecular complexity index is 870. The van der Waals surface area contributed by atoms with Gasteiger partial charge in [0.25, 0.3) is 0 Å². The number of benzene rings is 2. The van der Waals surface area contributed by atoms with Gasteiger partial charge in [0, 0.05) is 16.6 Å². The van der Waals surface area contributed by atoms with Gasteiger partial charge in [-0.1, -0.05) is 48.5 Å². The number of carbonyl (C=O) groups is 1. The van der Waals surface area contributed by atoms with Gasteiger partial charge in [0.2, 0.25) is 5.91 Å². The summed E-state index contributed by atoms with van der Waals surface area (Å²) in [5.41, 5.74) is 3.16. The molecule has 1 aliphatic rings. The van der Waals surface area contributed by atoms with Crippen molar-refractivity contribution in [2.75, 3.05) is 0 Å². The zero-order valence-electron chi connectivity index (χ0n) is 13.4. The van der Waals surface area contributed by atoms with E-state index in [1.54, 1.807) is 0 Å². The Hall–Kier alpha value is -2.59. The molecule has 2 aromatic carbocycles. The Kier molecular flexibility index (Phi) is 3.82. The number of nitrogens with one attached hydrogen (secondary N) is 1. The predicted octanol–water partition coefficient (Wildman–Crippen LogP) is 2.95. The third-order valence-corrected chi connectivity index (χ3v) is 4.77. The molecule has 0 unspecified atom stereocenters. The minimum absolute atomic E-state index is 0.0581. The van der Waals surface area contributed by atoms with Gasteiger partial charge < -0.3 is 15.0 Å². The van der Waals surface area contributed by atoms with Crippen molar-refractivity contribution in [1.29, 1.82) is 0 Å². The molecule has 4 heteroatoms. The van der Waals surface area contributed by atoms with Gasteiger partial charge in [0.1, 0.15) is 6.54 Å². The predicted molar refractivity (Wildman–Crippen MR) is 94.5 cm³/mol. The van der Waals surface area contributed by atoms with E-state index in [0.29, 0.717) is 0 Å². The van der Waals surface area contributed by atoms with Crippen LogP contribution in [0, 0.1) is 0 Å². The topological polar surface area (TPSA) is 54.3 Å². The van der Waals surface area contributed by atoms with Gasteiger partial charge in [-0.05, 0) is 30.5 Å². The van der Waals surface area contributed by atoms with Crippen molar-refractivity contribution < 1.29 is 9.90 Å². The number of carbonyl (C=O) groups excluding carboxylic acids is 1. The van der Waals surface area contributed by atoms with E-state index in [9.17, 15) is 9.90 Å². The third-order valence-electron chi connectivity index (χ3n) is 4.77. The number of rotatable bonds is 4. The summed E-state index contributed by atoms with van der Waals surface area (Å²) in [5, 5.41) is 13.7. The van der Waals surface area contributed by atoms with Gasteiger partial charge in [-0.2, -0.15) is 0 Å². The number of fused-ring (bicyclic) bond motifs is 1. The summed E-state index contributed by atoms with van der Waals surface area (Å²) in [7, 11) is 0. The highest BCUT2D eigenvalue weighted by molar-refractivity contribution is 5.89. The van der Waals surface area contributed by atoms with E-state index in [0.717, 1.165) is 35.0 Å². The molecule has 0 saturated heterocycles. The zero-order valence-corrected chi connectivity index (χ0v) is 13.4. The van der Waals surface area contributed by atoms with Crippen LogP contribution in [0.15, 0.2) is 60.7 Å². The van der Waals surface area contributed by atoms with E-state index < -0.39 is 6.10 Å². The summed E-state index contributed by atoms with van der Waals surface area (Å²) in [6.45, 7) is 0.251. The quantitative estimate of drug-likeness (QED) is 0.776. The summed E-state index contributed by atoms with van der Waals surface area (Å²) in [5.74, 6) is -0.0581. The Morgan fingerprint density at radius 2 is 1.83 bits per heavy atom. The molecule has 2 atom stereocenters. The first-order chi connectivity index (χ1) is 11.7. The van der Waals surface area contributed by atoms with Crippen molar-refractivity contribution in [3.05, 3.63) is 60.7 Å². The molecule has 0 spiro atoms. The maximum Gasteiger partial charge on any atom is 0.240 e. The summed E-state index contributed by atoms with van der Waals surface area (Å²) < 4.78 is 2.05. The van der Waals surface area contributed by atoms with Crippen LogP contribution in [0.25, 0.3) is 22.2 Å². The van der Waals surface area contributed by atoms with E-state index in [-0.39, 0.29) is 18.5 Å². The second-order valence-corrected chi connectivity index (χ2v) is 6.36. The molecule has 4 nitrogen and oxygen atoms in total. The maximum absolute atomic E-state index is 12.4. The SMILES string of the molecule is O=C(Cn1c(-c2ccccc2)cc2ccccc21)N[C@@H]1CC[C@H]1O. The number of hydrogen-bond donors (Lipinski definition) is 2. The van der Waals surface area contributed by atoms with E-state index >= 15 is 0 Å². The standard InChI is InChI=1S/C20H20N2O2/c23-19-11-10-16(19)21-20(24)13-22-17-9-5-4-8-15(17)12-18(22)14-6-2-1-3-7-14/h1-9,12,16,19,23H,10-11,13H2,(H,21,24)/t16-,19-/m1/s1. The first-order valence-corrected chi connectivity index (χ1v) is 8.33. The molecule has 1 amide bonds. The van der Waals surface area contributed by atoms with Crippen molar-refractivity contribution in [2.45, 2.75) is 31.5 Å². The molecule has 122 valence electrons. The fourth-order valence-electron chi connectivity index (χ4n) is 3.28. The summed E-state index contributed by atoms with van der Waals surface area (Å²) in [6.07, 6.45) is 1.22. The van der Waals surface area contributed by atoms with Crippen LogP contribution in [0.4, 0.5) is 0 Å². The average molecular weight is 320 g/mol. The number of hydrogen-bond acceptors (Lipinski definition) is 2. The summed E-state index contributed by atoms with van der Waals surface area (Å²) in [6, 6.07) is 20.2. The molecule has 4 rings (SSSR count). The largest absolute Gasteiger partial charge is 0.391 e. The normalized spacial score (nSPS) is 19.9. The Morgan fingerprint density at radius 1 is 1.08 bits per heavy atom. The molecule has 0 radical (unpaired) electrons. The van der Waals surface area contributed by atoms with Crippen molar-refractivity contribution in [2.24, 2.45) is 0 Å². The lowest BCUT2D eigenvalue weighted by Gasteiger charge is -2.33. The molecule has 1 fully saturated rings. The fraction of sp³-hybridized carbons (Fsp3) is 0.250. The molecular formula is C20H20N2O2. The van der Waals surface area contributed by atoms with Crippen molar-refractivity contribution in [1.82, 2.24) is 9.88 Å². The monoisotopic (exact) mass is 320 g/mol. The molecule has 3 aromatic rings. The molecule has 0 bridgehead atoms. The molecule has 1 heterocycles. The lowest BCUT2D eigenvalue weighted by molar-refractivity contribution is -0.124. The van der Waals surface area contributed by atoms with E-state index in [2.05, 4.69) is 29.6 Å². The molecule has 2 N–H and O–H groups in total. The fourth-order valence-corrected chi connectivity index (χ4v) is 3.28. The lowest BCUT2D eigenvalue weighted by atomic mass is 9.89. The number of nitrogens with zero attached hydrogens (tertiary/aromatic N) is 1. The average Bonchev–Trinajstić information content (AvgIpc) is 2.98. The highest BCUT2D eigenvalue weighted by Gasteiger charge is 2.30. The Labute approximate surface area is 140 Å². The minimum Gasteiger partial charge on any atom is -0.391 e. The van der Waals surface area contributed by atoms with Crippen molar-refractivity contribution >= 4 is 16.8 Å². The first kappa shape index (κ1) is 15.0. The lowest BCUT2D eigenvalue weighted by Crippen LogP contribution is -2.50. The zero-order chi connectivity index (χ0) is 16.5. The van der Waals surface area contributed by atoms with Crippen LogP contribution in [-0.4, -0.2) is 27.7 Å². The highest BCUT2D eigenvalue weighted by atomic mass is 16.3. The number of aliphatic hydroxyl groups is 1. The van der Waals surface area contributed by atoms with Gasteiger partial charge in [0.15, 0.2) is 0 Å². The van der Waals surface area contributed by atoms with Gasteiger partial charge in [-0.25, -0.2) is 0 Å². The van der Waals surface area contributed by atoms with Crippen LogP contribution in [-0.2, 0) is 11.3 Å². The molecule has 1 aliphatic carbocycles. The molecule has 0 aliphatic heterocycles. The first-order valence-electron chi connectivity index (χ1n) is 8.33. The van der Waals surface area contributed by atoms with E-state index in [1.807, 2.05) is 41.0 Å². The van der Waals surface area contributed by atoms with Crippen LogP contribution in [0.5, 0.6) is 0 Å². The third kappa shape index (κ3) is 2.69. The Balaban J connectivity index is 1.69. The van der Waals surface area contributed by atoms with Gasteiger partial charge in [0.05, 0.1) is 12.1 Å². The Morgan fingerprint density at radius 3 is 2.54 bits per heavy atom. The van der Waals surface area contributed by atoms with Crippen LogP contribution >= 0.6 is 0 Å². The number of aliphatic hydroxyl groups excluding tert-OH is 1. The maximum atomic E-state index is 12.4. The number of para-hydroxylation sites is 1. The van der Waals surface area contributed by atoms with Crippen molar-refractivity contribution in [3.8, 4) is 11.3 Å². The van der Waals surface area contributed by atoms with Crippen molar-refractivity contribution in [3.63, 3.8) is 0 Å². The van der Waals surface area contributed by atoms with Gasteiger partial charge in [-0.15, -0.1) is 0 Å². The minimum atomic E-state index is -0.399. The smallest absolute Gasteiger partial charge is 0.240 e. The van der Waals surface area contributed by atoms with Crippen LogP contribution in [0.3, 0.4) is 0 Å². The summed E-state index contributed by atoms with van der Waals surface area (Å²) >= 11 is 0. The van der Waals surface area contributed by atoms with Gasteiger partial charge >= 0.3 is 0 Å². The van der Waals surface area contributed by atoms with Crippen LogP contribution in [0.1, 0.15) is 12.8 Å². The molecule has 1 aromatic heterocycles. The molecule has 1 saturated carbocycles. The van der Waals surface area contributed by atoms with Crippen LogP contribution < -0.4 is 5.32 Å². The summed E-state index contributed by atoms with van der Waals surface area (Å²) in [4.78, 5) is 12.4. The number of amides is 1. The second-order valence-electron chi connectivity index (χ2n) is 6.36. The molecule has 24 heavy (non-hydrogen) atoms. The molecular weight excluding hydrogens is 300 g/mol. The van der Waals surface area contributed by atoms with Gasteiger partial charge in [-0.3, -0.25) is 4.79 Å². The number of aromatic nitrogens is 1.